The number of nitrogens with one attached hydrogen (secondary N) is 1. The van der Waals surface area contributed by atoms with Crippen molar-refractivity contribution in [2.75, 3.05) is 25.9 Å². The minimum absolute atomic E-state index is 0.142. The number of amides is 3. The second-order valence-corrected chi connectivity index (χ2v) is 16.4. The van der Waals surface area contributed by atoms with Gasteiger partial charge in [0.05, 0.1) is 30.3 Å². The fraction of sp³-hybridized carbons (Fsp3) is 0.605. The number of aromatic nitrogens is 2. The molecule has 5 N–H and O–H groups in total. The highest BCUT2D eigenvalue weighted by Gasteiger charge is 2.34. The van der Waals surface area contributed by atoms with E-state index in [4.69, 9.17) is 5.73 Å². The number of aliphatic hydroxyl groups is 2. The number of thiazole rings is 1. The molecule has 3 aromatic heterocycles. The van der Waals surface area contributed by atoms with Gasteiger partial charge in [-0.1, -0.05) is 52.0 Å². The molecular formula is C38H56N6O5S2. The molecule has 1 aliphatic carbocycles. The Balaban J connectivity index is 1.54. The van der Waals surface area contributed by atoms with Crippen LogP contribution >= 0.6 is 22.7 Å². The molecule has 0 spiro atoms. The molecule has 4 atom stereocenters. The summed E-state index contributed by atoms with van der Waals surface area (Å²) in [4.78, 5) is 54.8. The molecule has 4 rings (SSSR count). The second kappa shape index (κ2) is 20.0. The van der Waals surface area contributed by atoms with E-state index in [-0.39, 0.29) is 43.7 Å². The molecule has 0 aromatic carbocycles. The van der Waals surface area contributed by atoms with Crippen LogP contribution in [0.3, 0.4) is 0 Å². The average molecular weight is 741 g/mol. The Labute approximate surface area is 310 Å². The fourth-order valence-electron chi connectivity index (χ4n) is 6.73. The average Bonchev–Trinajstić information content (AvgIpc) is 3.72. The van der Waals surface area contributed by atoms with Gasteiger partial charge >= 0.3 is 0 Å². The summed E-state index contributed by atoms with van der Waals surface area (Å²) in [5.74, 6) is -1.29. The van der Waals surface area contributed by atoms with Crippen molar-refractivity contribution in [3.8, 4) is 0 Å². The van der Waals surface area contributed by atoms with Gasteiger partial charge in [0.15, 0.2) is 5.13 Å². The number of hydrogen-bond acceptors (Lipinski definition) is 10. The van der Waals surface area contributed by atoms with Crippen molar-refractivity contribution >= 4 is 45.5 Å². The largest absolute Gasteiger partial charge is 0.390 e. The van der Waals surface area contributed by atoms with Crippen LogP contribution in [-0.2, 0) is 33.8 Å². The van der Waals surface area contributed by atoms with Crippen LogP contribution in [0.15, 0.2) is 41.2 Å². The summed E-state index contributed by atoms with van der Waals surface area (Å²) >= 11 is 2.79. The van der Waals surface area contributed by atoms with E-state index in [0.29, 0.717) is 42.6 Å². The number of carbonyl (C=O) groups excluding carboxylic acids is 3. The van der Waals surface area contributed by atoms with Gasteiger partial charge < -0.3 is 31.1 Å². The van der Waals surface area contributed by atoms with E-state index in [1.54, 1.807) is 23.5 Å². The van der Waals surface area contributed by atoms with E-state index in [0.717, 1.165) is 41.8 Å². The van der Waals surface area contributed by atoms with Crippen LogP contribution in [0, 0.1) is 24.7 Å². The SMILES string of the molecule is Cc1ccsc1CN(CC(=O)N(C)CCc1ccccn1)C(=O)C[C@@H](Cc1csc(N)n1)C(=O)N[C@@H](CC1CCCCC1)[C@@H](O)[C@@H](O)CC(C)C. The van der Waals surface area contributed by atoms with E-state index < -0.39 is 30.1 Å². The lowest BCUT2D eigenvalue weighted by atomic mass is 9.82. The first-order valence-corrected chi connectivity index (χ1v) is 20.0. The van der Waals surface area contributed by atoms with Crippen molar-refractivity contribution in [1.82, 2.24) is 25.1 Å². The number of nitrogens with zero attached hydrogens (tertiary/aromatic N) is 4. The van der Waals surface area contributed by atoms with E-state index >= 15 is 0 Å². The van der Waals surface area contributed by atoms with Crippen LogP contribution in [0.5, 0.6) is 0 Å². The summed E-state index contributed by atoms with van der Waals surface area (Å²) in [6, 6.07) is 6.98. The number of aryl methyl sites for hydroxylation is 1. The number of thiophene rings is 1. The molecule has 0 bridgehead atoms. The van der Waals surface area contributed by atoms with Gasteiger partial charge in [-0.15, -0.1) is 22.7 Å². The fourth-order valence-corrected chi connectivity index (χ4v) is 8.23. The van der Waals surface area contributed by atoms with Crippen molar-refractivity contribution in [1.29, 1.82) is 0 Å². The third-order valence-corrected chi connectivity index (χ3v) is 11.5. The number of hydrogen-bond donors (Lipinski definition) is 4. The first-order chi connectivity index (χ1) is 24.4. The van der Waals surface area contributed by atoms with Gasteiger partial charge in [-0.3, -0.25) is 19.4 Å². The number of nitrogens with two attached hydrogens (primary N) is 1. The summed E-state index contributed by atoms with van der Waals surface area (Å²) in [7, 11) is 1.72. The van der Waals surface area contributed by atoms with Crippen LogP contribution in [0.2, 0.25) is 0 Å². The van der Waals surface area contributed by atoms with E-state index in [2.05, 4.69) is 15.3 Å². The Morgan fingerprint density at radius 3 is 2.45 bits per heavy atom. The normalized spacial score (nSPS) is 16.0. The molecule has 1 saturated carbocycles. The van der Waals surface area contributed by atoms with Crippen LogP contribution in [-0.4, -0.2) is 86.1 Å². The van der Waals surface area contributed by atoms with Crippen molar-refractivity contribution in [2.45, 2.75) is 110 Å². The number of likely N-dealkylation sites (N-methyl/N-ethyl adjacent to an activating group) is 1. The Morgan fingerprint density at radius 2 is 1.82 bits per heavy atom. The Hall–Kier alpha value is -3.39. The number of carbonyl (C=O) groups is 3. The molecule has 280 valence electrons. The van der Waals surface area contributed by atoms with Gasteiger partial charge in [-0.25, -0.2) is 4.98 Å². The molecule has 1 fully saturated rings. The molecule has 3 amide bonds. The van der Waals surface area contributed by atoms with Crippen LogP contribution < -0.4 is 11.1 Å². The lowest BCUT2D eigenvalue weighted by Crippen LogP contribution is -2.52. The molecule has 13 heteroatoms. The lowest BCUT2D eigenvalue weighted by molar-refractivity contribution is -0.142. The molecule has 0 unspecified atom stereocenters. The van der Waals surface area contributed by atoms with Crippen molar-refractivity contribution in [3.05, 3.63) is 63.1 Å². The molecule has 51 heavy (non-hydrogen) atoms. The molecule has 0 radical (unpaired) electrons. The summed E-state index contributed by atoms with van der Waals surface area (Å²) in [5.41, 5.74) is 8.44. The van der Waals surface area contributed by atoms with Gasteiger partial charge in [0.1, 0.15) is 12.6 Å². The van der Waals surface area contributed by atoms with Gasteiger partial charge in [0, 0.05) is 55.0 Å². The second-order valence-electron chi connectivity index (χ2n) is 14.5. The summed E-state index contributed by atoms with van der Waals surface area (Å²) in [5, 5.41) is 29.5. The smallest absolute Gasteiger partial charge is 0.241 e. The predicted octanol–water partition coefficient (Wildman–Crippen LogP) is 4.99. The minimum Gasteiger partial charge on any atom is -0.390 e. The van der Waals surface area contributed by atoms with Crippen LogP contribution in [0.4, 0.5) is 5.13 Å². The monoisotopic (exact) mass is 740 g/mol. The molecule has 1 aliphatic rings. The Kier molecular flexibility index (Phi) is 15.8. The molecule has 3 aromatic rings. The standard InChI is InChI=1S/C38H56N6O5S2/c1-25(2)18-32(45)36(48)31(19-27-10-6-5-7-11-27)42-37(49)28(20-30-24-51-38(39)41-30)21-34(46)44(22-33-26(3)14-17-50-33)23-35(47)43(4)16-13-29-12-8-9-15-40-29/h8-9,12,14-15,17,24-25,27-28,31-32,36,45,48H,5-7,10-11,13,16,18-23H2,1-4H3,(H2,39,41)(H,42,49)/t28-,31+,32+,36-/m1/s1. The van der Waals surface area contributed by atoms with E-state index in [1.807, 2.05) is 50.4 Å². The topological polar surface area (TPSA) is 162 Å². The highest BCUT2D eigenvalue weighted by Crippen LogP contribution is 2.30. The van der Waals surface area contributed by atoms with Gasteiger partial charge in [0.2, 0.25) is 17.7 Å². The highest BCUT2D eigenvalue weighted by atomic mass is 32.1. The Morgan fingerprint density at radius 1 is 1.06 bits per heavy atom. The maximum Gasteiger partial charge on any atom is 0.241 e. The third kappa shape index (κ3) is 13.0. The van der Waals surface area contributed by atoms with E-state index in [9.17, 15) is 24.6 Å². The summed E-state index contributed by atoms with van der Waals surface area (Å²) < 4.78 is 0. The zero-order chi connectivity index (χ0) is 36.9. The van der Waals surface area contributed by atoms with Crippen molar-refractivity contribution in [2.24, 2.45) is 17.8 Å². The predicted molar refractivity (Wildman–Crippen MR) is 203 cm³/mol. The molecule has 3 heterocycles. The molecule has 11 nitrogen and oxygen atoms in total. The highest BCUT2D eigenvalue weighted by molar-refractivity contribution is 7.13. The maximum atomic E-state index is 14.2. The summed E-state index contributed by atoms with van der Waals surface area (Å²) in [6.07, 6.45) is 6.53. The first-order valence-electron chi connectivity index (χ1n) is 18.2. The van der Waals surface area contributed by atoms with Gasteiger partial charge in [0.25, 0.3) is 0 Å². The molecule has 0 aliphatic heterocycles. The first kappa shape index (κ1) is 40.4. The number of rotatable bonds is 19. The minimum atomic E-state index is -1.15. The molecule has 0 saturated heterocycles. The lowest BCUT2D eigenvalue weighted by Gasteiger charge is -2.34. The van der Waals surface area contributed by atoms with Crippen LogP contribution in [0.1, 0.15) is 87.0 Å². The van der Waals surface area contributed by atoms with Crippen molar-refractivity contribution < 1.29 is 24.6 Å². The summed E-state index contributed by atoms with van der Waals surface area (Å²) in [6.45, 7) is 6.49. The zero-order valence-corrected chi connectivity index (χ0v) is 32.1. The van der Waals surface area contributed by atoms with E-state index in [1.165, 1.54) is 34.0 Å². The third-order valence-electron chi connectivity index (χ3n) is 9.81. The van der Waals surface area contributed by atoms with Gasteiger partial charge in [-0.2, -0.15) is 0 Å². The van der Waals surface area contributed by atoms with Crippen molar-refractivity contribution in [3.63, 3.8) is 0 Å². The number of nitrogen functional groups attached to an aromatic ring is 1. The van der Waals surface area contributed by atoms with Gasteiger partial charge in [-0.05, 0) is 60.7 Å². The zero-order valence-electron chi connectivity index (χ0n) is 30.5. The number of aliphatic hydroxyl groups excluding tert-OH is 2. The van der Waals surface area contributed by atoms with Crippen LogP contribution in [0.25, 0.3) is 0 Å². The number of pyridine rings is 1. The molecular weight excluding hydrogens is 685 g/mol. The Bertz CT molecular complexity index is 1530. The quantitative estimate of drug-likeness (QED) is 0.134. The maximum absolute atomic E-state index is 14.2. The number of anilines is 1.